The molecule has 0 saturated heterocycles. The summed E-state index contributed by atoms with van der Waals surface area (Å²) in [6, 6.07) is 8.60. The van der Waals surface area contributed by atoms with Crippen LogP contribution in [0, 0.1) is 21.4 Å². The zero-order valence-electron chi connectivity index (χ0n) is 8.07. The summed E-state index contributed by atoms with van der Waals surface area (Å²) >= 11 is 0. The highest BCUT2D eigenvalue weighted by Gasteiger charge is 2.09. The molecule has 1 heterocycles. The van der Waals surface area contributed by atoms with E-state index in [0.29, 0.717) is 11.3 Å². The molecule has 0 unspecified atom stereocenters. The van der Waals surface area contributed by atoms with Crippen LogP contribution < -0.4 is 0 Å². The van der Waals surface area contributed by atoms with Crippen molar-refractivity contribution in [2.24, 2.45) is 0 Å². The lowest BCUT2D eigenvalue weighted by atomic mass is 10.2. The smallest absolute Gasteiger partial charge is 0.258 e. The Morgan fingerprint density at radius 1 is 1.38 bits per heavy atom. The van der Waals surface area contributed by atoms with Gasteiger partial charge in [-0.15, -0.1) is 0 Å². The van der Waals surface area contributed by atoms with E-state index in [1.165, 1.54) is 17.1 Å². The summed E-state index contributed by atoms with van der Waals surface area (Å²) in [6.07, 6.45) is 2.50. The zero-order chi connectivity index (χ0) is 11.5. The number of hydrogen-bond donors (Lipinski definition) is 0. The second-order valence-electron chi connectivity index (χ2n) is 3.06. The number of aromatic nitrogens is 2. The van der Waals surface area contributed by atoms with E-state index >= 15 is 0 Å². The molecule has 2 rings (SSSR count). The predicted molar refractivity (Wildman–Crippen MR) is 54.9 cm³/mol. The molecule has 1 aromatic carbocycles. The lowest BCUT2D eigenvalue weighted by Gasteiger charge is -1.98. The summed E-state index contributed by atoms with van der Waals surface area (Å²) in [4.78, 5) is 9.95. The van der Waals surface area contributed by atoms with Crippen molar-refractivity contribution in [3.63, 3.8) is 0 Å². The van der Waals surface area contributed by atoms with Gasteiger partial charge in [-0.3, -0.25) is 10.1 Å². The summed E-state index contributed by atoms with van der Waals surface area (Å²) in [5.74, 6) is 0. The van der Waals surface area contributed by atoms with Crippen molar-refractivity contribution in [3.05, 3.63) is 52.3 Å². The van der Waals surface area contributed by atoms with Gasteiger partial charge in [0.15, 0.2) is 0 Å². The number of nitrogens with zero attached hydrogens (tertiary/aromatic N) is 4. The van der Waals surface area contributed by atoms with Crippen molar-refractivity contribution < 1.29 is 4.92 Å². The number of benzene rings is 1. The molecule has 1 aromatic heterocycles. The van der Waals surface area contributed by atoms with Crippen LogP contribution in [0.3, 0.4) is 0 Å². The van der Waals surface area contributed by atoms with Gasteiger partial charge in [-0.2, -0.15) is 10.4 Å². The van der Waals surface area contributed by atoms with Gasteiger partial charge < -0.3 is 0 Å². The van der Waals surface area contributed by atoms with E-state index < -0.39 is 4.92 Å². The van der Waals surface area contributed by atoms with Crippen molar-refractivity contribution >= 4 is 5.69 Å². The van der Waals surface area contributed by atoms with Crippen LogP contribution in [0.2, 0.25) is 0 Å². The number of hydrogen-bond acceptors (Lipinski definition) is 4. The first-order valence-corrected chi connectivity index (χ1v) is 4.40. The molecule has 0 spiro atoms. The van der Waals surface area contributed by atoms with Crippen molar-refractivity contribution in [1.82, 2.24) is 9.78 Å². The summed E-state index contributed by atoms with van der Waals surface area (Å²) in [5, 5.41) is 22.9. The fraction of sp³-hybridized carbons (Fsp3) is 0. The molecule has 78 valence electrons. The second-order valence-corrected chi connectivity index (χ2v) is 3.06. The van der Waals surface area contributed by atoms with Crippen LogP contribution in [0.15, 0.2) is 36.7 Å². The SMILES string of the molecule is N#Cc1ccc(-n2cc([N+](=O)[O-])cn2)cc1. The molecule has 16 heavy (non-hydrogen) atoms. The molecule has 0 aliphatic heterocycles. The van der Waals surface area contributed by atoms with E-state index in [2.05, 4.69) is 5.10 Å². The van der Waals surface area contributed by atoms with Crippen molar-refractivity contribution in [2.45, 2.75) is 0 Å². The molecule has 0 radical (unpaired) electrons. The van der Waals surface area contributed by atoms with Crippen LogP contribution in [0.25, 0.3) is 5.69 Å². The quantitative estimate of drug-likeness (QED) is 0.562. The fourth-order valence-electron chi connectivity index (χ4n) is 1.24. The summed E-state index contributed by atoms with van der Waals surface area (Å²) in [7, 11) is 0. The lowest BCUT2D eigenvalue weighted by Crippen LogP contribution is -1.93. The molecule has 6 nitrogen and oxygen atoms in total. The molecule has 0 atom stereocenters. The predicted octanol–water partition coefficient (Wildman–Crippen LogP) is 1.65. The first kappa shape index (κ1) is 9.86. The van der Waals surface area contributed by atoms with Crippen LogP contribution in [-0.2, 0) is 0 Å². The highest BCUT2D eigenvalue weighted by atomic mass is 16.6. The van der Waals surface area contributed by atoms with Gasteiger partial charge in [0, 0.05) is 0 Å². The third-order valence-corrected chi connectivity index (χ3v) is 2.04. The molecule has 0 saturated carbocycles. The molecule has 0 aliphatic rings. The molecule has 6 heteroatoms. The Balaban J connectivity index is 2.36. The molecular weight excluding hydrogens is 208 g/mol. The van der Waals surface area contributed by atoms with Crippen LogP contribution in [-0.4, -0.2) is 14.7 Å². The second kappa shape index (κ2) is 3.82. The standard InChI is InChI=1S/C10H6N4O2/c11-5-8-1-3-9(4-2-8)13-7-10(6-12-13)14(15)16/h1-4,6-7H. The molecule has 0 fully saturated rings. The molecule has 0 bridgehead atoms. The zero-order valence-corrected chi connectivity index (χ0v) is 8.07. The minimum atomic E-state index is -0.507. The monoisotopic (exact) mass is 214 g/mol. The molecular formula is C10H6N4O2. The minimum Gasteiger partial charge on any atom is -0.258 e. The van der Waals surface area contributed by atoms with Crippen molar-refractivity contribution in [3.8, 4) is 11.8 Å². The Hall–Kier alpha value is -2.68. The molecule has 2 aromatic rings. The normalized spacial score (nSPS) is 9.69. The molecule has 0 amide bonds. The van der Waals surface area contributed by atoms with Crippen LogP contribution >= 0.6 is 0 Å². The maximum absolute atomic E-state index is 10.5. The van der Waals surface area contributed by atoms with Gasteiger partial charge in [-0.05, 0) is 24.3 Å². The first-order valence-electron chi connectivity index (χ1n) is 4.40. The van der Waals surface area contributed by atoms with Gasteiger partial charge in [0.05, 0.1) is 22.2 Å². The van der Waals surface area contributed by atoms with Crippen LogP contribution in [0.1, 0.15) is 5.56 Å². The van der Waals surface area contributed by atoms with Gasteiger partial charge in [0.1, 0.15) is 12.4 Å². The Labute approximate surface area is 90.5 Å². The Morgan fingerprint density at radius 3 is 2.56 bits per heavy atom. The van der Waals surface area contributed by atoms with Gasteiger partial charge >= 0.3 is 5.69 Å². The minimum absolute atomic E-state index is 0.0654. The number of nitriles is 1. The van der Waals surface area contributed by atoms with E-state index in [-0.39, 0.29) is 5.69 Å². The summed E-state index contributed by atoms with van der Waals surface area (Å²) in [5.41, 5.74) is 1.14. The van der Waals surface area contributed by atoms with Crippen LogP contribution in [0.4, 0.5) is 5.69 Å². The summed E-state index contributed by atoms with van der Waals surface area (Å²) in [6.45, 7) is 0. The fourth-order valence-corrected chi connectivity index (χ4v) is 1.24. The first-order chi connectivity index (χ1) is 7.70. The van der Waals surface area contributed by atoms with Gasteiger partial charge in [-0.25, -0.2) is 4.68 Å². The summed E-state index contributed by atoms with van der Waals surface area (Å²) < 4.78 is 1.39. The van der Waals surface area contributed by atoms with Gasteiger partial charge in [0.2, 0.25) is 0 Å². The number of nitro groups is 1. The topological polar surface area (TPSA) is 84.8 Å². The average Bonchev–Trinajstić information content (AvgIpc) is 2.78. The third kappa shape index (κ3) is 1.74. The Bertz CT molecular complexity index is 565. The van der Waals surface area contributed by atoms with Gasteiger partial charge in [-0.1, -0.05) is 0 Å². The molecule has 0 N–H and O–H groups in total. The van der Waals surface area contributed by atoms with E-state index in [1.54, 1.807) is 24.3 Å². The maximum Gasteiger partial charge on any atom is 0.307 e. The molecule has 0 aliphatic carbocycles. The largest absolute Gasteiger partial charge is 0.307 e. The van der Waals surface area contributed by atoms with Gasteiger partial charge in [0.25, 0.3) is 0 Å². The van der Waals surface area contributed by atoms with E-state index in [1.807, 2.05) is 6.07 Å². The van der Waals surface area contributed by atoms with Crippen LogP contribution in [0.5, 0.6) is 0 Å². The van der Waals surface area contributed by atoms with E-state index in [4.69, 9.17) is 5.26 Å². The highest BCUT2D eigenvalue weighted by Crippen LogP contribution is 2.13. The van der Waals surface area contributed by atoms with Crippen molar-refractivity contribution in [2.75, 3.05) is 0 Å². The number of rotatable bonds is 2. The Kier molecular flexibility index (Phi) is 2.36. The van der Waals surface area contributed by atoms with Crippen molar-refractivity contribution in [1.29, 1.82) is 5.26 Å². The van der Waals surface area contributed by atoms with E-state index in [0.717, 1.165) is 0 Å². The Morgan fingerprint density at radius 2 is 2.06 bits per heavy atom. The average molecular weight is 214 g/mol. The highest BCUT2D eigenvalue weighted by molar-refractivity contribution is 5.40. The lowest BCUT2D eigenvalue weighted by molar-refractivity contribution is -0.384. The maximum atomic E-state index is 10.5. The van der Waals surface area contributed by atoms with E-state index in [9.17, 15) is 10.1 Å². The third-order valence-electron chi connectivity index (χ3n) is 2.04.